The largest absolute Gasteiger partial charge is 0.489 e. The van der Waals surface area contributed by atoms with Crippen molar-refractivity contribution in [2.75, 3.05) is 6.61 Å². The van der Waals surface area contributed by atoms with Gasteiger partial charge >= 0.3 is 5.97 Å². The molecule has 0 saturated heterocycles. The number of fused-ring (bicyclic) bond motifs is 5. The van der Waals surface area contributed by atoms with Gasteiger partial charge in [0.05, 0.1) is 47.1 Å². The molecule has 0 unspecified atom stereocenters. The molecule has 0 spiro atoms. The summed E-state index contributed by atoms with van der Waals surface area (Å²) >= 11 is 0. The van der Waals surface area contributed by atoms with Crippen molar-refractivity contribution in [3.8, 4) is 22.9 Å². The van der Waals surface area contributed by atoms with Gasteiger partial charge in [0.1, 0.15) is 6.61 Å². The number of ether oxygens (including phenoxy) is 3. The highest BCUT2D eigenvalue weighted by Gasteiger charge is 2.45. The van der Waals surface area contributed by atoms with Crippen LogP contribution in [0.25, 0.3) is 22.3 Å². The van der Waals surface area contributed by atoms with Gasteiger partial charge in [-0.1, -0.05) is 6.92 Å². The summed E-state index contributed by atoms with van der Waals surface area (Å²) in [5.41, 5.74) is 1.53. The van der Waals surface area contributed by atoms with Crippen LogP contribution in [-0.4, -0.2) is 33.3 Å². The number of hydrogen-bond acceptors (Lipinski definition) is 7. The van der Waals surface area contributed by atoms with E-state index in [4.69, 9.17) is 19.2 Å². The zero-order chi connectivity index (χ0) is 23.9. The van der Waals surface area contributed by atoms with E-state index >= 15 is 4.39 Å². The van der Waals surface area contributed by atoms with Gasteiger partial charge in [-0.25, -0.2) is 14.2 Å². The van der Waals surface area contributed by atoms with Crippen LogP contribution in [0.3, 0.4) is 0 Å². The lowest BCUT2D eigenvalue weighted by Gasteiger charge is -2.31. The molecule has 3 aliphatic heterocycles. The van der Waals surface area contributed by atoms with Crippen LogP contribution in [0.5, 0.6) is 11.5 Å². The van der Waals surface area contributed by atoms with Crippen molar-refractivity contribution in [3.63, 3.8) is 0 Å². The number of pyridine rings is 2. The number of aliphatic hydroxyl groups is 1. The lowest BCUT2D eigenvalue weighted by atomic mass is 9.86. The van der Waals surface area contributed by atoms with E-state index in [0.29, 0.717) is 41.1 Å². The molecule has 0 saturated carbocycles. The van der Waals surface area contributed by atoms with Gasteiger partial charge in [0.15, 0.2) is 22.9 Å². The van der Waals surface area contributed by atoms with Gasteiger partial charge in [-0.05, 0) is 31.9 Å². The summed E-state index contributed by atoms with van der Waals surface area (Å²) in [7, 11) is 0. The predicted molar refractivity (Wildman–Crippen MR) is 119 cm³/mol. The number of halogens is 1. The van der Waals surface area contributed by atoms with Crippen LogP contribution in [0.1, 0.15) is 49.4 Å². The number of nitrogens with zero attached hydrogens (tertiary/aromatic N) is 2. The second-order valence-electron chi connectivity index (χ2n) is 9.20. The van der Waals surface area contributed by atoms with E-state index in [0.717, 1.165) is 11.1 Å². The topological polar surface area (TPSA) is 99.9 Å². The van der Waals surface area contributed by atoms with Gasteiger partial charge in [0, 0.05) is 23.6 Å². The molecule has 0 fully saturated rings. The Morgan fingerprint density at radius 2 is 2.03 bits per heavy atom. The molecule has 3 aliphatic rings. The third-order valence-electron chi connectivity index (χ3n) is 6.91. The molecule has 1 aromatic carbocycles. The smallest absolute Gasteiger partial charge is 0.343 e. The highest BCUT2D eigenvalue weighted by molar-refractivity contribution is 5.95. The molecule has 3 aromatic rings. The molecule has 8 nitrogen and oxygen atoms in total. The van der Waals surface area contributed by atoms with E-state index in [2.05, 4.69) is 0 Å². The minimum atomic E-state index is -1.90. The number of hydrogen-bond donors (Lipinski definition) is 1. The predicted octanol–water partition coefficient (Wildman–Crippen LogP) is 2.94. The molecule has 2 aromatic heterocycles. The number of carbonyl (C=O) groups is 1. The zero-order valence-electron chi connectivity index (χ0n) is 19.0. The Hall–Kier alpha value is -3.46. The standard InChI is InChI=1S/C25H23FN2O6/c1-4-25(31)15-7-18-20-13(9-28(18)23(29)14(15)10-33-24(25)30)12-5-6-32-22-19(12)17(27-20)8-16(26)21(22)34-11(2)3/h7-8,11,31H,4-6,9-10H2,1-3H3/t25-/m0/s1. The fraction of sp³-hybridized carbons (Fsp3) is 0.400. The number of cyclic esters (lactones) is 1. The number of benzene rings is 1. The highest BCUT2D eigenvalue weighted by Crippen LogP contribution is 2.47. The molecule has 1 N–H and O–H groups in total. The molecule has 34 heavy (non-hydrogen) atoms. The van der Waals surface area contributed by atoms with Crippen molar-refractivity contribution in [3.05, 3.63) is 50.6 Å². The first-order valence-corrected chi connectivity index (χ1v) is 11.4. The molecule has 9 heteroatoms. The Kier molecular flexibility index (Phi) is 4.36. The van der Waals surface area contributed by atoms with Crippen molar-refractivity contribution in [2.24, 2.45) is 0 Å². The van der Waals surface area contributed by atoms with Crippen molar-refractivity contribution in [1.82, 2.24) is 9.55 Å². The average molecular weight is 466 g/mol. The first-order chi connectivity index (χ1) is 16.2. The molecule has 5 heterocycles. The number of rotatable bonds is 3. The van der Waals surface area contributed by atoms with Crippen molar-refractivity contribution >= 4 is 16.9 Å². The van der Waals surface area contributed by atoms with Crippen LogP contribution >= 0.6 is 0 Å². The minimum Gasteiger partial charge on any atom is -0.489 e. The van der Waals surface area contributed by atoms with Crippen molar-refractivity contribution < 1.29 is 28.5 Å². The van der Waals surface area contributed by atoms with Gasteiger partial charge in [0.2, 0.25) is 0 Å². The van der Waals surface area contributed by atoms with Gasteiger partial charge in [-0.3, -0.25) is 4.79 Å². The summed E-state index contributed by atoms with van der Waals surface area (Å²) in [4.78, 5) is 30.5. The Labute approximate surface area is 193 Å². The lowest BCUT2D eigenvalue weighted by Crippen LogP contribution is -2.44. The summed E-state index contributed by atoms with van der Waals surface area (Å²) in [6.45, 7) is 5.73. The Morgan fingerprint density at radius 1 is 1.24 bits per heavy atom. The Balaban J connectivity index is 1.63. The van der Waals surface area contributed by atoms with Crippen molar-refractivity contribution in [2.45, 2.75) is 58.5 Å². The molecule has 0 bridgehead atoms. The Morgan fingerprint density at radius 3 is 2.76 bits per heavy atom. The lowest BCUT2D eigenvalue weighted by molar-refractivity contribution is -0.172. The average Bonchev–Trinajstić information content (AvgIpc) is 3.18. The molecule has 1 atom stereocenters. The zero-order valence-corrected chi connectivity index (χ0v) is 19.0. The molecular weight excluding hydrogens is 443 g/mol. The van der Waals surface area contributed by atoms with Crippen LogP contribution in [0, 0.1) is 5.82 Å². The van der Waals surface area contributed by atoms with E-state index < -0.39 is 17.4 Å². The fourth-order valence-electron chi connectivity index (χ4n) is 5.26. The van der Waals surface area contributed by atoms with E-state index in [1.165, 1.54) is 6.07 Å². The molecule has 0 amide bonds. The fourth-order valence-corrected chi connectivity index (χ4v) is 5.26. The summed E-state index contributed by atoms with van der Waals surface area (Å²) in [6.07, 6.45) is 0.399. The van der Waals surface area contributed by atoms with Crippen LogP contribution in [-0.2, 0) is 34.7 Å². The third kappa shape index (κ3) is 2.64. The second kappa shape index (κ2) is 7.02. The van der Waals surface area contributed by atoms with Gasteiger partial charge in [0.25, 0.3) is 5.56 Å². The molecule has 6 rings (SSSR count). The maximum Gasteiger partial charge on any atom is 0.343 e. The van der Waals surface area contributed by atoms with E-state index in [1.807, 2.05) is 13.8 Å². The highest BCUT2D eigenvalue weighted by atomic mass is 19.1. The number of aromatic nitrogens is 2. The third-order valence-corrected chi connectivity index (χ3v) is 6.91. The number of carbonyl (C=O) groups excluding carboxylic acids is 1. The molecule has 176 valence electrons. The normalized spacial score (nSPS) is 20.0. The summed E-state index contributed by atoms with van der Waals surface area (Å²) in [6, 6.07) is 2.98. The summed E-state index contributed by atoms with van der Waals surface area (Å²) in [5, 5.41) is 11.7. The first-order valence-electron chi connectivity index (χ1n) is 11.4. The maximum atomic E-state index is 15.0. The van der Waals surface area contributed by atoms with E-state index in [9.17, 15) is 14.7 Å². The van der Waals surface area contributed by atoms with E-state index in [-0.39, 0.29) is 48.1 Å². The summed E-state index contributed by atoms with van der Waals surface area (Å²) < 4.78 is 33.3. The van der Waals surface area contributed by atoms with Crippen LogP contribution in [0.4, 0.5) is 4.39 Å². The molecule has 0 radical (unpaired) electrons. The van der Waals surface area contributed by atoms with Gasteiger partial charge in [-0.15, -0.1) is 0 Å². The quantitative estimate of drug-likeness (QED) is 0.464. The second-order valence-corrected chi connectivity index (χ2v) is 9.20. The number of esters is 1. The maximum absolute atomic E-state index is 15.0. The van der Waals surface area contributed by atoms with E-state index in [1.54, 1.807) is 17.6 Å². The van der Waals surface area contributed by atoms with Crippen LogP contribution in [0.2, 0.25) is 0 Å². The SMILES string of the molecule is CC[C@@]1(O)C(=O)OCc2c1cc1n(c2=O)Cc2c-1nc1cc(F)c(OC(C)C)c3c1c2CCO3. The minimum absolute atomic E-state index is 0.0650. The molecular formula is C25H23FN2O6. The van der Waals surface area contributed by atoms with Gasteiger partial charge in [-0.2, -0.15) is 0 Å². The van der Waals surface area contributed by atoms with Crippen LogP contribution in [0.15, 0.2) is 16.9 Å². The van der Waals surface area contributed by atoms with Gasteiger partial charge < -0.3 is 23.9 Å². The van der Waals surface area contributed by atoms with Crippen molar-refractivity contribution in [1.29, 1.82) is 0 Å². The van der Waals surface area contributed by atoms with Crippen LogP contribution < -0.4 is 15.0 Å². The summed E-state index contributed by atoms with van der Waals surface area (Å²) in [5.74, 6) is -0.937. The Bertz CT molecular complexity index is 1480. The monoisotopic (exact) mass is 466 g/mol. The molecule has 0 aliphatic carbocycles. The first kappa shape index (κ1) is 21.1.